The molecule has 0 amide bonds. The van der Waals surface area contributed by atoms with E-state index in [1.807, 2.05) is 59.5 Å². The van der Waals surface area contributed by atoms with Gasteiger partial charge in [-0.15, -0.1) is 35.7 Å². The summed E-state index contributed by atoms with van der Waals surface area (Å²) in [6.07, 6.45) is 5.52. The molecule has 8 aromatic rings. The zero-order valence-corrected chi connectivity index (χ0v) is 28.5. The first-order valence-electron chi connectivity index (χ1n) is 15.6. The molecule has 7 heteroatoms. The molecule has 0 aliphatic carbocycles. The van der Waals surface area contributed by atoms with E-state index in [2.05, 4.69) is 104 Å². The molecule has 0 radical (unpaired) electrons. The van der Waals surface area contributed by atoms with Gasteiger partial charge >= 0.3 is 20.4 Å². The van der Waals surface area contributed by atoms with Crippen molar-refractivity contribution >= 4 is 21.8 Å². The summed E-state index contributed by atoms with van der Waals surface area (Å²) in [6, 6.07) is 39.8. The number of aryl methyl sites for hydroxylation is 4. The van der Waals surface area contributed by atoms with Crippen LogP contribution in [0.25, 0.3) is 55.7 Å². The molecule has 48 heavy (non-hydrogen) atoms. The number of hydrogen-bond acceptors (Lipinski definition) is 4. The van der Waals surface area contributed by atoms with E-state index in [0.717, 1.165) is 61.4 Å². The number of nitrogens with zero attached hydrogens (tertiary/aromatic N) is 5. The topological polar surface area (TPSA) is 57.8 Å². The fraction of sp³-hybridized carbons (Fsp3) is 0.0976. The minimum Gasteiger partial charge on any atom is -0.509 e. The van der Waals surface area contributed by atoms with Crippen LogP contribution in [-0.2, 0) is 20.4 Å². The molecule has 4 heterocycles. The van der Waals surface area contributed by atoms with Crippen LogP contribution in [0.4, 0.5) is 0 Å². The molecule has 0 aliphatic rings. The molecule has 0 unspecified atom stereocenters. The second kappa shape index (κ2) is 12.7. The summed E-state index contributed by atoms with van der Waals surface area (Å²) < 4.78 is 10.6. The van der Waals surface area contributed by atoms with Crippen LogP contribution >= 0.6 is 0 Å². The molecule has 0 bridgehead atoms. The monoisotopic (exact) mass is 715 g/mol. The van der Waals surface area contributed by atoms with E-state index in [4.69, 9.17) is 14.8 Å². The van der Waals surface area contributed by atoms with Crippen LogP contribution in [0.1, 0.15) is 22.4 Å². The van der Waals surface area contributed by atoms with Gasteiger partial charge in [0.05, 0.1) is 11.4 Å². The molecular weight excluding hydrogens is 685 g/mol. The zero-order chi connectivity index (χ0) is 32.1. The number of para-hydroxylation sites is 1. The Balaban J connectivity index is 0.00000364. The first kappa shape index (κ1) is 31.3. The summed E-state index contributed by atoms with van der Waals surface area (Å²) in [6.45, 7) is 8.43. The number of pyridine rings is 2. The second-order valence-corrected chi connectivity index (χ2v) is 11.9. The van der Waals surface area contributed by atoms with E-state index in [1.54, 1.807) is 6.20 Å². The summed E-state index contributed by atoms with van der Waals surface area (Å²) in [5, 5.41) is 7.29. The molecule has 8 rings (SSSR count). The summed E-state index contributed by atoms with van der Waals surface area (Å²) in [5.74, 6) is 1.99. The number of ether oxygens (including phenoxy) is 1. The first-order chi connectivity index (χ1) is 23.0. The van der Waals surface area contributed by atoms with Crippen LogP contribution in [0.15, 0.2) is 116 Å². The van der Waals surface area contributed by atoms with E-state index < -0.39 is 0 Å². The minimum atomic E-state index is 0. The molecule has 0 fully saturated rings. The van der Waals surface area contributed by atoms with Gasteiger partial charge in [-0.2, -0.15) is 17.2 Å². The summed E-state index contributed by atoms with van der Waals surface area (Å²) >= 11 is 0. The van der Waals surface area contributed by atoms with E-state index in [0.29, 0.717) is 11.5 Å². The van der Waals surface area contributed by atoms with Crippen LogP contribution < -0.4 is 4.74 Å². The summed E-state index contributed by atoms with van der Waals surface area (Å²) in [7, 11) is 0. The predicted molar refractivity (Wildman–Crippen MR) is 188 cm³/mol. The molecule has 0 aliphatic heterocycles. The van der Waals surface area contributed by atoms with Gasteiger partial charge in [0.25, 0.3) is 0 Å². The third-order valence-corrected chi connectivity index (χ3v) is 8.61. The number of rotatable bonds is 6. The molecule has 4 aromatic heterocycles. The average molecular weight is 716 g/mol. The Morgan fingerprint density at radius 3 is 2.27 bits per heavy atom. The third kappa shape index (κ3) is 5.41. The smallest absolute Gasteiger partial charge is 0.509 e. The van der Waals surface area contributed by atoms with Gasteiger partial charge in [0.1, 0.15) is 5.82 Å². The van der Waals surface area contributed by atoms with Crippen molar-refractivity contribution in [2.75, 3.05) is 0 Å². The Kier molecular flexibility index (Phi) is 8.26. The number of aromatic nitrogens is 5. The van der Waals surface area contributed by atoms with E-state index >= 15 is 0 Å². The fourth-order valence-electron chi connectivity index (χ4n) is 6.53. The van der Waals surface area contributed by atoms with Crippen molar-refractivity contribution in [3.63, 3.8) is 0 Å². The largest absolute Gasteiger partial charge is 2.00 e. The van der Waals surface area contributed by atoms with Gasteiger partial charge in [0, 0.05) is 46.7 Å². The van der Waals surface area contributed by atoms with E-state index in [1.165, 1.54) is 16.7 Å². The Labute approximate surface area is 293 Å². The fourth-order valence-corrected chi connectivity index (χ4v) is 6.53. The molecule has 6 nitrogen and oxygen atoms in total. The maximum atomic E-state index is 6.47. The Bertz CT molecular complexity index is 2420. The molecule has 0 N–H and O–H groups in total. The molecule has 4 aromatic carbocycles. The Morgan fingerprint density at radius 1 is 0.688 bits per heavy atom. The van der Waals surface area contributed by atoms with Crippen molar-refractivity contribution in [1.82, 2.24) is 24.3 Å². The van der Waals surface area contributed by atoms with Gasteiger partial charge < -0.3 is 9.30 Å². The van der Waals surface area contributed by atoms with Gasteiger partial charge in [-0.25, -0.2) is 4.98 Å². The maximum absolute atomic E-state index is 6.47. The molecule has 0 spiro atoms. The van der Waals surface area contributed by atoms with Crippen LogP contribution in [-0.4, -0.2) is 24.3 Å². The van der Waals surface area contributed by atoms with Crippen LogP contribution in [0, 0.1) is 39.8 Å². The standard InChI is InChI=1S/C41H31N5O.Pd/c1-26-19-21-43-38(22-26)45-36-16-6-5-15-34(36)35-18-17-33(24-37(35)45)47-32-14-8-13-31(23-32)46-41(30-12-9-20-42-25-30)40(29(4)44-46)39-27(2)10-7-11-28(39)3;/h5-22,25H,1-4H3;/q-2;+2. The minimum absolute atomic E-state index is 0. The molecule has 0 saturated carbocycles. The average Bonchev–Trinajstić information content (AvgIpc) is 3.59. The van der Waals surface area contributed by atoms with Gasteiger partial charge in [0.2, 0.25) is 0 Å². The maximum Gasteiger partial charge on any atom is 2.00 e. The van der Waals surface area contributed by atoms with Gasteiger partial charge in [0.15, 0.2) is 0 Å². The van der Waals surface area contributed by atoms with Crippen molar-refractivity contribution in [3.8, 4) is 45.4 Å². The third-order valence-electron chi connectivity index (χ3n) is 8.61. The Hall–Kier alpha value is -5.35. The van der Waals surface area contributed by atoms with Crippen LogP contribution in [0.2, 0.25) is 0 Å². The Morgan fingerprint density at radius 2 is 1.48 bits per heavy atom. The SMILES string of the molecule is Cc1ccnc(-n2c3[c-]c(Oc4[c-]c(-n5nc(C)c(-c6c(C)cccc6C)c5-c5cccnc5)ccc4)ccc3c3ccccc32)c1.[Pd+2]. The van der Waals surface area contributed by atoms with Crippen molar-refractivity contribution in [1.29, 1.82) is 0 Å². The van der Waals surface area contributed by atoms with Crippen LogP contribution in [0.5, 0.6) is 11.5 Å². The van der Waals surface area contributed by atoms with Gasteiger partial charge in [-0.3, -0.25) is 9.67 Å². The van der Waals surface area contributed by atoms with E-state index in [9.17, 15) is 0 Å². The van der Waals surface area contributed by atoms with Crippen molar-refractivity contribution in [2.45, 2.75) is 27.7 Å². The van der Waals surface area contributed by atoms with Crippen molar-refractivity contribution in [3.05, 3.63) is 150 Å². The molecule has 0 saturated heterocycles. The van der Waals surface area contributed by atoms with Crippen molar-refractivity contribution in [2.24, 2.45) is 0 Å². The molecular formula is C41H31N5OPd. The number of fused-ring (bicyclic) bond motifs is 3. The molecule has 0 atom stereocenters. The van der Waals surface area contributed by atoms with Gasteiger partial charge in [-0.05, 0) is 91.4 Å². The summed E-state index contributed by atoms with van der Waals surface area (Å²) in [4.78, 5) is 9.14. The number of hydrogen-bond donors (Lipinski definition) is 0. The second-order valence-electron chi connectivity index (χ2n) is 11.9. The quantitative estimate of drug-likeness (QED) is 0.127. The van der Waals surface area contributed by atoms with E-state index in [-0.39, 0.29) is 20.4 Å². The molecule has 236 valence electrons. The van der Waals surface area contributed by atoms with Crippen LogP contribution in [0.3, 0.4) is 0 Å². The van der Waals surface area contributed by atoms with Gasteiger partial charge in [-0.1, -0.05) is 41.9 Å². The first-order valence-corrected chi connectivity index (χ1v) is 15.6. The normalized spacial score (nSPS) is 11.2. The zero-order valence-electron chi connectivity index (χ0n) is 26.9. The van der Waals surface area contributed by atoms with Crippen molar-refractivity contribution < 1.29 is 25.2 Å². The number of benzene rings is 4. The summed E-state index contributed by atoms with van der Waals surface area (Å²) in [5.41, 5.74) is 11.4. The predicted octanol–water partition coefficient (Wildman–Crippen LogP) is 9.72.